The molecule has 0 atom stereocenters. The van der Waals surface area contributed by atoms with Crippen LogP contribution in [0.3, 0.4) is 0 Å². The zero-order valence-corrected chi connectivity index (χ0v) is 14.8. The van der Waals surface area contributed by atoms with E-state index < -0.39 is 17.4 Å². The van der Waals surface area contributed by atoms with Gasteiger partial charge in [0.1, 0.15) is 5.75 Å². The second-order valence-corrected chi connectivity index (χ2v) is 5.25. The number of benzene rings is 2. The van der Waals surface area contributed by atoms with Gasteiger partial charge in [-0.2, -0.15) is 8.78 Å². The molecule has 0 saturated carbocycles. The van der Waals surface area contributed by atoms with E-state index >= 15 is 0 Å². The molecule has 0 heterocycles. The molecule has 2 aromatic carbocycles. The summed E-state index contributed by atoms with van der Waals surface area (Å²) < 4.78 is 39.1. The van der Waals surface area contributed by atoms with Gasteiger partial charge in [0.15, 0.2) is 11.5 Å². The maximum Gasteiger partial charge on any atom is 0.387 e. The molecule has 0 spiro atoms. The molecule has 8 nitrogen and oxygen atoms in total. The number of carbonyl (C=O) groups is 1. The van der Waals surface area contributed by atoms with Crippen LogP contribution in [0.4, 0.5) is 20.2 Å². The van der Waals surface area contributed by atoms with Crippen LogP contribution >= 0.6 is 0 Å². The van der Waals surface area contributed by atoms with Gasteiger partial charge in [-0.15, -0.1) is 0 Å². The third-order valence-corrected chi connectivity index (χ3v) is 3.48. The Morgan fingerprint density at radius 1 is 1.11 bits per heavy atom. The van der Waals surface area contributed by atoms with Gasteiger partial charge in [-0.05, 0) is 29.8 Å². The van der Waals surface area contributed by atoms with Crippen molar-refractivity contribution in [1.29, 1.82) is 0 Å². The third-order valence-electron chi connectivity index (χ3n) is 3.48. The molecular formula is C18H16F2N2O6. The number of amides is 1. The number of methoxy groups -OCH3 is 2. The van der Waals surface area contributed by atoms with E-state index in [2.05, 4.69) is 10.1 Å². The SMILES string of the molecule is COc1ccc([N+](=O)[O-])cc1NC(=O)/C=C/c1ccc(OC(F)F)c(OC)c1. The van der Waals surface area contributed by atoms with Crippen LogP contribution in [0.15, 0.2) is 42.5 Å². The Morgan fingerprint density at radius 3 is 2.39 bits per heavy atom. The van der Waals surface area contributed by atoms with E-state index in [1.165, 1.54) is 62.8 Å². The van der Waals surface area contributed by atoms with Crippen molar-refractivity contribution in [1.82, 2.24) is 0 Å². The first-order chi connectivity index (χ1) is 13.3. The van der Waals surface area contributed by atoms with E-state index in [-0.39, 0.29) is 28.6 Å². The standard InChI is InChI=1S/C18H16F2N2O6/c1-26-14-7-5-12(22(24)25)10-13(14)21-17(23)8-4-11-3-6-15(28-18(19)20)16(9-11)27-2/h3-10,18H,1-2H3,(H,21,23)/b8-4+. The van der Waals surface area contributed by atoms with E-state index in [9.17, 15) is 23.7 Å². The quantitative estimate of drug-likeness (QED) is 0.415. The number of halogens is 2. The fourth-order valence-electron chi connectivity index (χ4n) is 2.23. The van der Waals surface area contributed by atoms with Crippen molar-refractivity contribution >= 4 is 23.4 Å². The zero-order valence-electron chi connectivity index (χ0n) is 14.8. The molecule has 148 valence electrons. The third kappa shape index (κ3) is 5.40. The summed E-state index contributed by atoms with van der Waals surface area (Å²) in [6, 6.07) is 7.94. The van der Waals surface area contributed by atoms with Crippen molar-refractivity contribution in [3.8, 4) is 17.2 Å². The highest BCUT2D eigenvalue weighted by molar-refractivity contribution is 6.03. The van der Waals surface area contributed by atoms with Gasteiger partial charge in [-0.3, -0.25) is 14.9 Å². The van der Waals surface area contributed by atoms with E-state index in [4.69, 9.17) is 9.47 Å². The van der Waals surface area contributed by atoms with Crippen molar-refractivity contribution in [3.63, 3.8) is 0 Å². The van der Waals surface area contributed by atoms with E-state index in [1.807, 2.05) is 0 Å². The molecule has 0 aliphatic heterocycles. The Bertz CT molecular complexity index is 902. The van der Waals surface area contributed by atoms with Gasteiger partial charge in [-0.1, -0.05) is 6.07 Å². The topological polar surface area (TPSA) is 99.9 Å². The smallest absolute Gasteiger partial charge is 0.387 e. The van der Waals surface area contributed by atoms with Crippen LogP contribution in [0.2, 0.25) is 0 Å². The molecule has 0 radical (unpaired) electrons. The molecular weight excluding hydrogens is 378 g/mol. The molecule has 0 bridgehead atoms. The summed E-state index contributed by atoms with van der Waals surface area (Å²) in [5, 5.41) is 13.4. The Balaban J connectivity index is 2.16. The number of nitrogens with zero attached hydrogens (tertiary/aromatic N) is 1. The lowest BCUT2D eigenvalue weighted by Crippen LogP contribution is -2.09. The number of nitrogens with one attached hydrogen (secondary N) is 1. The van der Waals surface area contributed by atoms with Gasteiger partial charge in [0.25, 0.3) is 5.69 Å². The molecule has 0 fully saturated rings. The number of alkyl halides is 2. The van der Waals surface area contributed by atoms with Gasteiger partial charge < -0.3 is 19.5 Å². The minimum atomic E-state index is -2.99. The summed E-state index contributed by atoms with van der Waals surface area (Å²) in [6.45, 7) is -2.99. The van der Waals surface area contributed by atoms with Gasteiger partial charge in [0, 0.05) is 18.2 Å². The lowest BCUT2D eigenvalue weighted by Gasteiger charge is -2.10. The second-order valence-electron chi connectivity index (χ2n) is 5.25. The molecule has 2 rings (SSSR count). The number of nitro benzene ring substituents is 1. The molecule has 0 unspecified atom stereocenters. The average molecular weight is 394 g/mol. The van der Waals surface area contributed by atoms with Crippen LogP contribution in [-0.2, 0) is 4.79 Å². The van der Waals surface area contributed by atoms with Gasteiger partial charge in [-0.25, -0.2) is 0 Å². The zero-order chi connectivity index (χ0) is 20.7. The van der Waals surface area contributed by atoms with Crippen LogP contribution < -0.4 is 19.5 Å². The summed E-state index contributed by atoms with van der Waals surface area (Å²) in [5.41, 5.74) is 0.406. The second kappa shape index (κ2) is 9.31. The maximum absolute atomic E-state index is 12.3. The van der Waals surface area contributed by atoms with Crippen molar-refractivity contribution in [2.75, 3.05) is 19.5 Å². The fourth-order valence-corrected chi connectivity index (χ4v) is 2.23. The Kier molecular flexibility index (Phi) is 6.85. The van der Waals surface area contributed by atoms with E-state index in [1.54, 1.807) is 0 Å². The summed E-state index contributed by atoms with van der Waals surface area (Å²) >= 11 is 0. The number of ether oxygens (including phenoxy) is 3. The van der Waals surface area contributed by atoms with Gasteiger partial charge in [0.2, 0.25) is 5.91 Å². The number of hydrogen-bond acceptors (Lipinski definition) is 6. The lowest BCUT2D eigenvalue weighted by atomic mass is 10.2. The predicted molar refractivity (Wildman–Crippen MR) is 96.9 cm³/mol. The molecule has 0 saturated heterocycles. The normalized spacial score (nSPS) is 10.8. The Morgan fingerprint density at radius 2 is 1.79 bits per heavy atom. The highest BCUT2D eigenvalue weighted by Crippen LogP contribution is 2.30. The fraction of sp³-hybridized carbons (Fsp3) is 0.167. The van der Waals surface area contributed by atoms with E-state index in [0.29, 0.717) is 5.56 Å². The van der Waals surface area contributed by atoms with Crippen LogP contribution in [-0.4, -0.2) is 31.7 Å². The first-order valence-corrected chi connectivity index (χ1v) is 7.78. The number of rotatable bonds is 8. The molecule has 2 aromatic rings. The summed E-state index contributed by atoms with van der Waals surface area (Å²) in [7, 11) is 2.66. The molecule has 0 aromatic heterocycles. The highest BCUT2D eigenvalue weighted by atomic mass is 19.3. The largest absolute Gasteiger partial charge is 0.495 e. The summed E-state index contributed by atoms with van der Waals surface area (Å²) in [5.74, 6) is -0.392. The van der Waals surface area contributed by atoms with Crippen LogP contribution in [0.1, 0.15) is 5.56 Å². The predicted octanol–water partition coefficient (Wildman–Crippen LogP) is 3.87. The monoisotopic (exact) mass is 394 g/mol. The highest BCUT2D eigenvalue weighted by Gasteiger charge is 2.13. The van der Waals surface area contributed by atoms with Crippen molar-refractivity contribution in [2.24, 2.45) is 0 Å². The van der Waals surface area contributed by atoms with Gasteiger partial charge in [0.05, 0.1) is 24.8 Å². The summed E-state index contributed by atoms with van der Waals surface area (Å²) in [4.78, 5) is 22.4. The van der Waals surface area contributed by atoms with Crippen LogP contribution in [0.25, 0.3) is 6.08 Å². The first kappa shape index (κ1) is 20.6. The number of hydrogen-bond donors (Lipinski definition) is 1. The minimum absolute atomic E-state index is 0.0724. The first-order valence-electron chi connectivity index (χ1n) is 7.78. The summed E-state index contributed by atoms with van der Waals surface area (Å²) in [6.07, 6.45) is 2.58. The van der Waals surface area contributed by atoms with Crippen LogP contribution in [0, 0.1) is 10.1 Å². The Hall–Kier alpha value is -3.69. The average Bonchev–Trinajstić information content (AvgIpc) is 2.66. The lowest BCUT2D eigenvalue weighted by molar-refractivity contribution is -0.384. The molecule has 1 amide bonds. The van der Waals surface area contributed by atoms with Crippen LogP contribution in [0.5, 0.6) is 17.2 Å². The molecule has 28 heavy (non-hydrogen) atoms. The minimum Gasteiger partial charge on any atom is -0.495 e. The molecule has 0 aliphatic carbocycles. The van der Waals surface area contributed by atoms with Crippen molar-refractivity contribution < 1.29 is 32.7 Å². The van der Waals surface area contributed by atoms with Crippen molar-refractivity contribution in [2.45, 2.75) is 6.61 Å². The Labute approximate surface area is 158 Å². The number of carbonyl (C=O) groups excluding carboxylic acids is 1. The van der Waals surface area contributed by atoms with E-state index in [0.717, 1.165) is 0 Å². The molecule has 1 N–H and O–H groups in total. The number of nitro groups is 1. The molecule has 0 aliphatic rings. The van der Waals surface area contributed by atoms with Crippen molar-refractivity contribution in [3.05, 3.63) is 58.2 Å². The molecule has 10 heteroatoms. The number of anilines is 1. The maximum atomic E-state index is 12.3. The van der Waals surface area contributed by atoms with Gasteiger partial charge >= 0.3 is 6.61 Å². The number of non-ortho nitro benzene ring substituents is 1.